The highest BCUT2D eigenvalue weighted by atomic mass is 32.2. The summed E-state index contributed by atoms with van der Waals surface area (Å²) in [5, 5.41) is 3.63. The predicted molar refractivity (Wildman–Crippen MR) is 137 cm³/mol. The van der Waals surface area contributed by atoms with Gasteiger partial charge in [-0.05, 0) is 37.5 Å². The van der Waals surface area contributed by atoms with E-state index in [1.165, 1.54) is 32.1 Å². The lowest BCUT2D eigenvalue weighted by Crippen LogP contribution is -2.34. The van der Waals surface area contributed by atoms with Crippen LogP contribution in [0.5, 0.6) is 0 Å². The molecule has 1 saturated carbocycles. The Bertz CT molecular complexity index is 1070. The van der Waals surface area contributed by atoms with Crippen molar-refractivity contribution in [1.82, 2.24) is 15.3 Å². The third-order valence-electron chi connectivity index (χ3n) is 6.14. The number of carbonyl (C=O) groups is 1. The number of nitrogens with one attached hydrogen (secondary N) is 1. The lowest BCUT2D eigenvalue weighted by molar-refractivity contribution is 0.0955. The van der Waals surface area contributed by atoms with E-state index in [1.807, 2.05) is 49.4 Å². The standard InChI is InChI=1S/C27H32N4OS/c1-3-28-26(32)22-14-10-11-20(17-22)19-33-27-29-24(21-12-6-4-7-13-21)18-25(30-27)31(2)23-15-8-5-9-16-23/h4,6-7,10-14,17-18,23H,3,5,8-9,15-16,19H2,1-2H3,(H,28,32). The molecule has 0 bridgehead atoms. The third kappa shape index (κ3) is 6.14. The van der Waals surface area contributed by atoms with Crippen molar-refractivity contribution in [2.45, 2.75) is 56.0 Å². The Morgan fingerprint density at radius 2 is 1.82 bits per heavy atom. The molecule has 3 aromatic rings. The molecule has 0 atom stereocenters. The number of thioether (sulfide) groups is 1. The van der Waals surface area contributed by atoms with E-state index in [4.69, 9.17) is 9.97 Å². The number of amides is 1. The molecule has 0 saturated heterocycles. The molecule has 6 heteroatoms. The van der Waals surface area contributed by atoms with E-state index in [0.29, 0.717) is 23.9 Å². The summed E-state index contributed by atoms with van der Waals surface area (Å²) < 4.78 is 0. The maximum atomic E-state index is 12.2. The molecular weight excluding hydrogens is 428 g/mol. The molecule has 0 spiro atoms. The number of aromatic nitrogens is 2. The zero-order valence-corrected chi connectivity index (χ0v) is 20.3. The van der Waals surface area contributed by atoms with Gasteiger partial charge in [-0.25, -0.2) is 9.97 Å². The Morgan fingerprint density at radius 1 is 1.03 bits per heavy atom. The highest BCUT2D eigenvalue weighted by molar-refractivity contribution is 7.98. The van der Waals surface area contributed by atoms with Gasteiger partial charge in [0.1, 0.15) is 5.82 Å². The zero-order chi connectivity index (χ0) is 23.0. The molecule has 2 aromatic carbocycles. The monoisotopic (exact) mass is 460 g/mol. The van der Waals surface area contributed by atoms with Gasteiger partial charge in [-0.2, -0.15) is 0 Å². The van der Waals surface area contributed by atoms with Gasteiger partial charge in [0.2, 0.25) is 0 Å². The van der Waals surface area contributed by atoms with E-state index in [2.05, 4.69) is 35.5 Å². The van der Waals surface area contributed by atoms with E-state index in [0.717, 1.165) is 27.8 Å². The van der Waals surface area contributed by atoms with Crippen LogP contribution >= 0.6 is 11.8 Å². The van der Waals surface area contributed by atoms with Gasteiger partial charge >= 0.3 is 0 Å². The average molecular weight is 461 g/mol. The molecule has 4 rings (SSSR count). The Hall–Kier alpha value is -2.86. The van der Waals surface area contributed by atoms with Crippen molar-refractivity contribution in [3.63, 3.8) is 0 Å². The summed E-state index contributed by atoms with van der Waals surface area (Å²) in [6.45, 7) is 2.55. The van der Waals surface area contributed by atoms with E-state index >= 15 is 0 Å². The minimum atomic E-state index is -0.0388. The molecule has 1 aliphatic carbocycles. The van der Waals surface area contributed by atoms with Crippen LogP contribution in [0.25, 0.3) is 11.3 Å². The molecule has 1 heterocycles. The van der Waals surface area contributed by atoms with Crippen LogP contribution in [0, 0.1) is 0 Å². The van der Waals surface area contributed by atoms with Crippen molar-refractivity contribution in [3.05, 3.63) is 71.8 Å². The lowest BCUT2D eigenvalue weighted by Gasteiger charge is -2.32. The number of anilines is 1. The van der Waals surface area contributed by atoms with Crippen molar-refractivity contribution < 1.29 is 4.79 Å². The van der Waals surface area contributed by atoms with E-state index in [-0.39, 0.29) is 5.91 Å². The Kier molecular flexibility index (Phi) is 8.00. The van der Waals surface area contributed by atoms with Crippen LogP contribution in [-0.2, 0) is 5.75 Å². The van der Waals surface area contributed by atoms with Crippen LogP contribution in [0.3, 0.4) is 0 Å². The van der Waals surface area contributed by atoms with Crippen molar-refractivity contribution in [2.75, 3.05) is 18.5 Å². The van der Waals surface area contributed by atoms with E-state index in [1.54, 1.807) is 11.8 Å². The minimum Gasteiger partial charge on any atom is -0.357 e. The maximum Gasteiger partial charge on any atom is 0.251 e. The topological polar surface area (TPSA) is 58.1 Å². The van der Waals surface area contributed by atoms with Crippen molar-refractivity contribution in [2.24, 2.45) is 0 Å². The fourth-order valence-electron chi connectivity index (χ4n) is 4.28. The van der Waals surface area contributed by atoms with Crippen molar-refractivity contribution in [1.29, 1.82) is 0 Å². The van der Waals surface area contributed by atoms with Crippen LogP contribution in [0.2, 0.25) is 0 Å². The molecule has 1 fully saturated rings. The summed E-state index contributed by atoms with van der Waals surface area (Å²) in [6.07, 6.45) is 6.34. The molecule has 0 unspecified atom stereocenters. The van der Waals surface area contributed by atoms with E-state index in [9.17, 15) is 4.79 Å². The number of hydrogen-bond acceptors (Lipinski definition) is 5. The quantitative estimate of drug-likeness (QED) is 0.332. The molecule has 1 amide bonds. The molecule has 33 heavy (non-hydrogen) atoms. The third-order valence-corrected chi connectivity index (χ3v) is 7.06. The summed E-state index contributed by atoms with van der Waals surface area (Å²) in [6, 6.07) is 20.7. The largest absolute Gasteiger partial charge is 0.357 e. The van der Waals surface area contributed by atoms with Gasteiger partial charge in [0.25, 0.3) is 5.91 Å². The first-order chi connectivity index (χ1) is 16.1. The lowest BCUT2D eigenvalue weighted by atomic mass is 9.94. The number of benzene rings is 2. The second kappa shape index (κ2) is 11.3. The zero-order valence-electron chi connectivity index (χ0n) is 19.5. The second-order valence-corrected chi connectivity index (χ2v) is 9.45. The minimum absolute atomic E-state index is 0.0388. The summed E-state index contributed by atoms with van der Waals surface area (Å²) >= 11 is 1.61. The molecule has 5 nitrogen and oxygen atoms in total. The molecule has 172 valence electrons. The van der Waals surface area contributed by atoms with Crippen LogP contribution in [0.15, 0.2) is 65.8 Å². The molecular formula is C27H32N4OS. The number of nitrogens with zero attached hydrogens (tertiary/aromatic N) is 3. The predicted octanol–water partition coefficient (Wildman–Crippen LogP) is 5.95. The van der Waals surface area contributed by atoms with Crippen LogP contribution in [-0.4, -0.2) is 35.5 Å². The van der Waals surface area contributed by atoms with E-state index < -0.39 is 0 Å². The van der Waals surface area contributed by atoms with Crippen LogP contribution < -0.4 is 10.2 Å². The first-order valence-corrected chi connectivity index (χ1v) is 12.8. The van der Waals surface area contributed by atoms with Crippen molar-refractivity contribution >= 4 is 23.5 Å². The second-order valence-electron chi connectivity index (χ2n) is 8.51. The molecule has 0 radical (unpaired) electrons. The Balaban J connectivity index is 1.58. The molecule has 1 aliphatic rings. The Morgan fingerprint density at radius 3 is 2.58 bits per heavy atom. The summed E-state index contributed by atoms with van der Waals surface area (Å²) in [7, 11) is 2.16. The number of carbonyl (C=O) groups excluding carboxylic acids is 1. The first-order valence-electron chi connectivity index (χ1n) is 11.8. The maximum absolute atomic E-state index is 12.2. The smallest absolute Gasteiger partial charge is 0.251 e. The normalized spacial score (nSPS) is 14.1. The van der Waals surface area contributed by atoms with Gasteiger partial charge in [0, 0.05) is 42.6 Å². The van der Waals surface area contributed by atoms with Crippen molar-refractivity contribution in [3.8, 4) is 11.3 Å². The number of hydrogen-bond donors (Lipinski definition) is 1. The fourth-order valence-corrected chi connectivity index (χ4v) is 5.08. The van der Waals surface area contributed by atoms with Gasteiger partial charge < -0.3 is 10.2 Å². The molecule has 0 aliphatic heterocycles. The van der Waals surface area contributed by atoms with Crippen LogP contribution in [0.1, 0.15) is 54.9 Å². The van der Waals surface area contributed by atoms with Gasteiger partial charge in [-0.15, -0.1) is 0 Å². The Labute approximate surface area is 201 Å². The molecule has 1 aromatic heterocycles. The van der Waals surface area contributed by atoms with Gasteiger partial charge in [-0.1, -0.05) is 73.5 Å². The van der Waals surface area contributed by atoms with Gasteiger partial charge in [0.15, 0.2) is 5.16 Å². The highest BCUT2D eigenvalue weighted by Crippen LogP contribution is 2.30. The highest BCUT2D eigenvalue weighted by Gasteiger charge is 2.21. The molecule has 1 N–H and O–H groups in total. The van der Waals surface area contributed by atoms with Gasteiger partial charge in [-0.3, -0.25) is 4.79 Å². The number of rotatable bonds is 8. The summed E-state index contributed by atoms with van der Waals surface area (Å²) in [5.41, 5.74) is 3.81. The van der Waals surface area contributed by atoms with Crippen LogP contribution in [0.4, 0.5) is 5.82 Å². The SMILES string of the molecule is CCNC(=O)c1cccc(CSc2nc(-c3ccccc3)cc(N(C)C3CCCCC3)n2)c1. The average Bonchev–Trinajstić information content (AvgIpc) is 2.88. The summed E-state index contributed by atoms with van der Waals surface area (Å²) in [5.74, 6) is 1.65. The fraction of sp³-hybridized carbons (Fsp3) is 0.370. The summed E-state index contributed by atoms with van der Waals surface area (Å²) in [4.78, 5) is 24.3. The first kappa shape index (κ1) is 23.3. The van der Waals surface area contributed by atoms with Gasteiger partial charge in [0.05, 0.1) is 5.69 Å².